The molecule has 2 rings (SSSR count). The van der Waals surface area contributed by atoms with Gasteiger partial charge in [-0.3, -0.25) is 0 Å². The van der Waals surface area contributed by atoms with Crippen LogP contribution in [-0.4, -0.2) is 35.8 Å². The highest BCUT2D eigenvalue weighted by molar-refractivity contribution is 5.57. The lowest BCUT2D eigenvalue weighted by molar-refractivity contribution is 0.120. The third-order valence-corrected chi connectivity index (χ3v) is 3.73. The van der Waals surface area contributed by atoms with Gasteiger partial charge >= 0.3 is 0 Å². The van der Waals surface area contributed by atoms with E-state index in [-0.39, 0.29) is 0 Å². The van der Waals surface area contributed by atoms with Crippen molar-refractivity contribution in [2.45, 2.75) is 59.0 Å². The third kappa shape index (κ3) is 4.56. The van der Waals surface area contributed by atoms with Crippen molar-refractivity contribution in [1.29, 1.82) is 0 Å². The van der Waals surface area contributed by atoms with Crippen molar-refractivity contribution in [2.75, 3.05) is 30.3 Å². The predicted molar refractivity (Wildman–Crippen MR) is 87.0 cm³/mol. The zero-order valence-electron chi connectivity index (χ0n) is 13.5. The minimum Gasteiger partial charge on any atom is -0.376 e. The van der Waals surface area contributed by atoms with Crippen molar-refractivity contribution >= 4 is 11.6 Å². The number of nitrogens with one attached hydrogen (secondary N) is 2. The van der Waals surface area contributed by atoms with Crippen LogP contribution in [0.4, 0.5) is 11.6 Å². The summed E-state index contributed by atoms with van der Waals surface area (Å²) in [5.74, 6) is 2.82. The molecule has 0 bridgehead atoms. The van der Waals surface area contributed by atoms with Crippen molar-refractivity contribution in [3.05, 3.63) is 11.4 Å². The molecule has 0 spiro atoms. The zero-order chi connectivity index (χ0) is 15.1. The molecule has 0 aliphatic carbocycles. The van der Waals surface area contributed by atoms with Gasteiger partial charge in [-0.2, -0.15) is 0 Å². The van der Waals surface area contributed by atoms with E-state index in [0.717, 1.165) is 68.4 Å². The first-order valence-corrected chi connectivity index (χ1v) is 8.21. The SMILES string of the molecule is CCCNc1nc(CCC)nc(NCC2CCCO2)c1C. The molecule has 1 fully saturated rings. The molecule has 118 valence electrons. The van der Waals surface area contributed by atoms with Gasteiger partial charge in [0.2, 0.25) is 0 Å². The quantitative estimate of drug-likeness (QED) is 0.771. The Hall–Kier alpha value is -1.36. The number of ether oxygens (including phenoxy) is 1. The Bertz CT molecular complexity index is 444. The summed E-state index contributed by atoms with van der Waals surface area (Å²) in [4.78, 5) is 9.32. The highest BCUT2D eigenvalue weighted by atomic mass is 16.5. The Morgan fingerprint density at radius 2 is 1.90 bits per heavy atom. The van der Waals surface area contributed by atoms with Crippen molar-refractivity contribution in [1.82, 2.24) is 9.97 Å². The molecule has 1 aliphatic rings. The Kier molecular flexibility index (Phi) is 6.23. The minimum absolute atomic E-state index is 0.320. The summed E-state index contributed by atoms with van der Waals surface area (Å²) in [6, 6.07) is 0. The van der Waals surface area contributed by atoms with Crippen LogP contribution in [0.3, 0.4) is 0 Å². The third-order valence-electron chi connectivity index (χ3n) is 3.73. The van der Waals surface area contributed by atoms with E-state index in [1.54, 1.807) is 0 Å². The van der Waals surface area contributed by atoms with E-state index in [0.29, 0.717) is 6.10 Å². The van der Waals surface area contributed by atoms with Crippen LogP contribution in [0.15, 0.2) is 0 Å². The van der Waals surface area contributed by atoms with Crippen LogP contribution in [0.5, 0.6) is 0 Å². The average molecular weight is 292 g/mol. The van der Waals surface area contributed by atoms with Gasteiger partial charge in [0.15, 0.2) is 0 Å². The van der Waals surface area contributed by atoms with E-state index in [1.165, 1.54) is 6.42 Å². The summed E-state index contributed by atoms with van der Waals surface area (Å²) < 4.78 is 5.67. The normalized spacial score (nSPS) is 18.0. The Morgan fingerprint density at radius 1 is 1.14 bits per heavy atom. The summed E-state index contributed by atoms with van der Waals surface area (Å²) >= 11 is 0. The fraction of sp³-hybridized carbons (Fsp3) is 0.750. The maximum atomic E-state index is 5.67. The average Bonchev–Trinajstić information content (AvgIpc) is 2.99. The molecule has 0 amide bonds. The highest BCUT2D eigenvalue weighted by Gasteiger charge is 2.17. The summed E-state index contributed by atoms with van der Waals surface area (Å²) in [5, 5.41) is 6.86. The molecule has 1 aliphatic heterocycles. The van der Waals surface area contributed by atoms with E-state index < -0.39 is 0 Å². The van der Waals surface area contributed by atoms with E-state index in [2.05, 4.69) is 41.4 Å². The largest absolute Gasteiger partial charge is 0.376 e. The van der Waals surface area contributed by atoms with Crippen LogP contribution in [0.1, 0.15) is 50.9 Å². The van der Waals surface area contributed by atoms with Gasteiger partial charge in [-0.15, -0.1) is 0 Å². The topological polar surface area (TPSA) is 59.1 Å². The van der Waals surface area contributed by atoms with E-state index >= 15 is 0 Å². The second-order valence-electron chi connectivity index (χ2n) is 5.65. The monoisotopic (exact) mass is 292 g/mol. The number of rotatable bonds is 8. The lowest BCUT2D eigenvalue weighted by Crippen LogP contribution is -2.20. The second-order valence-corrected chi connectivity index (χ2v) is 5.65. The van der Waals surface area contributed by atoms with Crippen LogP contribution < -0.4 is 10.6 Å². The molecular weight excluding hydrogens is 264 g/mol. The molecule has 1 aromatic heterocycles. The predicted octanol–water partition coefficient (Wildman–Crippen LogP) is 3.15. The first-order chi connectivity index (χ1) is 10.2. The summed E-state index contributed by atoms with van der Waals surface area (Å²) in [5.41, 5.74) is 1.10. The number of aryl methyl sites for hydroxylation is 1. The number of aromatic nitrogens is 2. The Labute approximate surface area is 127 Å². The highest BCUT2D eigenvalue weighted by Crippen LogP contribution is 2.21. The standard InChI is InChI=1S/C16H28N4O/c1-4-7-14-19-15(17-9-5-2)12(3)16(20-14)18-11-13-8-6-10-21-13/h13H,4-11H2,1-3H3,(H2,17,18,19,20). The lowest BCUT2D eigenvalue weighted by atomic mass is 10.2. The molecule has 1 unspecified atom stereocenters. The summed E-state index contributed by atoms with van der Waals surface area (Å²) in [6.45, 7) is 9.05. The molecule has 1 saturated heterocycles. The van der Waals surface area contributed by atoms with Gasteiger partial charge < -0.3 is 15.4 Å². The molecule has 0 aromatic carbocycles. The van der Waals surface area contributed by atoms with Crippen LogP contribution in [0.25, 0.3) is 0 Å². The summed E-state index contributed by atoms with van der Waals surface area (Å²) in [7, 11) is 0. The zero-order valence-corrected chi connectivity index (χ0v) is 13.5. The van der Waals surface area contributed by atoms with Gasteiger partial charge in [-0.1, -0.05) is 13.8 Å². The second kappa shape index (κ2) is 8.17. The number of anilines is 2. The van der Waals surface area contributed by atoms with Crippen LogP contribution >= 0.6 is 0 Å². The van der Waals surface area contributed by atoms with E-state index in [4.69, 9.17) is 4.74 Å². The molecule has 1 aromatic rings. The van der Waals surface area contributed by atoms with E-state index in [9.17, 15) is 0 Å². The molecule has 2 heterocycles. The van der Waals surface area contributed by atoms with Gasteiger partial charge in [0.25, 0.3) is 0 Å². The summed E-state index contributed by atoms with van der Waals surface area (Å²) in [6.07, 6.45) is 5.68. The Balaban J connectivity index is 2.10. The molecule has 1 atom stereocenters. The van der Waals surface area contributed by atoms with Crippen LogP contribution in [-0.2, 0) is 11.2 Å². The minimum atomic E-state index is 0.320. The van der Waals surface area contributed by atoms with Crippen molar-refractivity contribution < 1.29 is 4.74 Å². The molecule has 21 heavy (non-hydrogen) atoms. The fourth-order valence-electron chi connectivity index (χ4n) is 2.50. The van der Waals surface area contributed by atoms with Crippen LogP contribution in [0.2, 0.25) is 0 Å². The molecule has 0 saturated carbocycles. The molecule has 2 N–H and O–H groups in total. The van der Waals surface area contributed by atoms with E-state index in [1.807, 2.05) is 0 Å². The lowest BCUT2D eigenvalue weighted by Gasteiger charge is -2.16. The Morgan fingerprint density at radius 3 is 2.52 bits per heavy atom. The molecule has 0 radical (unpaired) electrons. The van der Waals surface area contributed by atoms with Crippen molar-refractivity contribution in [2.24, 2.45) is 0 Å². The van der Waals surface area contributed by atoms with Gasteiger partial charge in [-0.05, 0) is 32.6 Å². The fourth-order valence-corrected chi connectivity index (χ4v) is 2.50. The number of hydrogen-bond donors (Lipinski definition) is 2. The molecule has 5 heteroatoms. The van der Waals surface area contributed by atoms with Crippen LogP contribution in [0, 0.1) is 6.92 Å². The van der Waals surface area contributed by atoms with Gasteiger partial charge in [0, 0.05) is 31.7 Å². The van der Waals surface area contributed by atoms with Crippen molar-refractivity contribution in [3.8, 4) is 0 Å². The van der Waals surface area contributed by atoms with Gasteiger partial charge in [0.05, 0.1) is 6.10 Å². The first kappa shape index (κ1) is 16.0. The van der Waals surface area contributed by atoms with Gasteiger partial charge in [0.1, 0.15) is 17.5 Å². The maximum absolute atomic E-state index is 5.67. The first-order valence-electron chi connectivity index (χ1n) is 8.21. The maximum Gasteiger partial charge on any atom is 0.134 e. The molecule has 5 nitrogen and oxygen atoms in total. The van der Waals surface area contributed by atoms with Gasteiger partial charge in [-0.25, -0.2) is 9.97 Å². The molecular formula is C16H28N4O. The number of nitrogens with zero attached hydrogens (tertiary/aromatic N) is 2. The smallest absolute Gasteiger partial charge is 0.134 e. The van der Waals surface area contributed by atoms with Crippen molar-refractivity contribution in [3.63, 3.8) is 0 Å². The number of hydrogen-bond acceptors (Lipinski definition) is 5.